The molecule has 7 nitrogen and oxygen atoms in total. The van der Waals surface area contributed by atoms with E-state index in [1.54, 1.807) is 12.3 Å². The fraction of sp³-hybridized carbons (Fsp3) is 0.296. The third kappa shape index (κ3) is 6.02. The van der Waals surface area contributed by atoms with Crippen LogP contribution in [-0.2, 0) is 19.5 Å². The first-order valence-corrected chi connectivity index (χ1v) is 12.6. The number of aryl methyl sites for hydroxylation is 1. The molecule has 0 unspecified atom stereocenters. The molecular weight excluding hydrogens is 519 g/mol. The quantitative estimate of drug-likeness (QED) is 0.243. The van der Waals surface area contributed by atoms with Gasteiger partial charge in [-0.05, 0) is 48.6 Å². The van der Waals surface area contributed by atoms with Crippen LogP contribution >= 0.6 is 11.6 Å². The fourth-order valence-corrected chi connectivity index (χ4v) is 4.54. The maximum atomic E-state index is 13.2. The third-order valence-electron chi connectivity index (χ3n) is 6.19. The van der Waals surface area contributed by atoms with E-state index in [2.05, 4.69) is 15.5 Å². The van der Waals surface area contributed by atoms with Crippen molar-refractivity contribution in [2.45, 2.75) is 44.6 Å². The fourth-order valence-electron chi connectivity index (χ4n) is 4.14. The highest BCUT2D eigenvalue weighted by Crippen LogP contribution is 2.46. The monoisotopic (exact) mass is 543 g/mol. The number of rotatable bonds is 10. The number of hydrogen-bond acceptors (Lipinski definition) is 4. The second kappa shape index (κ2) is 10.9. The molecule has 1 N–H and O–H groups in total. The molecule has 2 aromatic heterocycles. The van der Waals surface area contributed by atoms with Crippen LogP contribution in [0.3, 0.4) is 0 Å². The highest BCUT2D eigenvalue weighted by Gasteiger charge is 2.41. The van der Waals surface area contributed by atoms with E-state index in [-0.39, 0.29) is 42.4 Å². The van der Waals surface area contributed by atoms with Crippen LogP contribution in [-0.4, -0.2) is 32.0 Å². The zero-order chi connectivity index (χ0) is 26.7. The van der Waals surface area contributed by atoms with Gasteiger partial charge < -0.3 is 10.1 Å². The molecule has 0 aliphatic heterocycles. The third-order valence-corrected chi connectivity index (χ3v) is 6.57. The number of nitrogens with zero attached hydrogens (tertiary/aromatic N) is 4. The molecule has 38 heavy (non-hydrogen) atoms. The molecule has 0 spiro atoms. The number of amides is 1. The van der Waals surface area contributed by atoms with E-state index < -0.39 is 11.9 Å². The number of carbonyl (C=O) groups excluding carboxylic acids is 1. The number of hydrogen-bond donors (Lipinski definition) is 1. The number of carbonyl (C=O) groups is 1. The van der Waals surface area contributed by atoms with Crippen LogP contribution < -0.4 is 10.1 Å². The summed E-state index contributed by atoms with van der Waals surface area (Å²) in [6, 6.07) is 19.3. The van der Waals surface area contributed by atoms with Gasteiger partial charge in [0.15, 0.2) is 12.4 Å². The second-order valence-electron chi connectivity index (χ2n) is 9.06. The normalized spacial score (nSPS) is 13.5. The highest BCUT2D eigenvalue weighted by atomic mass is 35.5. The Morgan fingerprint density at radius 3 is 2.42 bits per heavy atom. The van der Waals surface area contributed by atoms with Crippen LogP contribution in [0.25, 0.3) is 11.1 Å². The van der Waals surface area contributed by atoms with Gasteiger partial charge in [0.1, 0.15) is 11.4 Å². The molecule has 1 aliphatic carbocycles. The van der Waals surface area contributed by atoms with Gasteiger partial charge in [-0.25, -0.2) is 4.68 Å². The predicted octanol–water partition coefficient (Wildman–Crippen LogP) is 6.15. The zero-order valence-electron chi connectivity index (χ0n) is 20.3. The predicted molar refractivity (Wildman–Crippen MR) is 136 cm³/mol. The lowest BCUT2D eigenvalue weighted by Crippen LogP contribution is -2.26. The minimum atomic E-state index is -4.60. The first-order chi connectivity index (χ1) is 18.3. The molecule has 198 valence electrons. The van der Waals surface area contributed by atoms with Crippen molar-refractivity contribution in [3.63, 3.8) is 0 Å². The number of halogens is 4. The number of alkyl halides is 3. The maximum absolute atomic E-state index is 13.2. The van der Waals surface area contributed by atoms with Gasteiger partial charge in [-0.1, -0.05) is 54.1 Å². The minimum absolute atomic E-state index is 0.00803. The standard InChI is InChI=1S/C27H25ClF3N5O2/c28-23-24(20-7-8-20)36(34-25(23)27(29,30)31)15-4-14-32-26(37)22-13-16-35(33-22)17-38-21-11-9-19(10-12-21)18-5-2-1-3-6-18/h1-3,5-6,9-13,16,20H,4,7-8,14-15,17H2,(H,32,37). The average molecular weight is 544 g/mol. The molecule has 0 atom stereocenters. The Labute approximate surface area is 222 Å². The molecule has 1 aliphatic rings. The van der Waals surface area contributed by atoms with Crippen LogP contribution in [0.5, 0.6) is 5.75 Å². The van der Waals surface area contributed by atoms with Gasteiger partial charge in [0.2, 0.25) is 0 Å². The Morgan fingerprint density at radius 2 is 1.74 bits per heavy atom. The Hall–Kier alpha value is -3.79. The molecule has 1 amide bonds. The van der Waals surface area contributed by atoms with Gasteiger partial charge in [-0.3, -0.25) is 9.48 Å². The van der Waals surface area contributed by atoms with Gasteiger partial charge >= 0.3 is 6.18 Å². The van der Waals surface area contributed by atoms with Crippen LogP contribution in [0, 0.1) is 0 Å². The molecule has 0 bridgehead atoms. The van der Waals surface area contributed by atoms with Gasteiger partial charge in [0, 0.05) is 25.2 Å². The van der Waals surface area contributed by atoms with E-state index >= 15 is 0 Å². The summed E-state index contributed by atoms with van der Waals surface area (Å²) in [4.78, 5) is 12.5. The summed E-state index contributed by atoms with van der Waals surface area (Å²) < 4.78 is 48.2. The summed E-state index contributed by atoms with van der Waals surface area (Å²) in [6.07, 6.45) is -0.979. The Bertz CT molecular complexity index is 1400. The summed E-state index contributed by atoms with van der Waals surface area (Å²) in [5.41, 5.74) is 1.79. The van der Waals surface area contributed by atoms with E-state index in [9.17, 15) is 18.0 Å². The first kappa shape index (κ1) is 25.8. The molecule has 1 fully saturated rings. The number of ether oxygens (including phenoxy) is 1. The van der Waals surface area contributed by atoms with E-state index in [0.717, 1.165) is 24.0 Å². The van der Waals surface area contributed by atoms with Gasteiger partial charge in [-0.15, -0.1) is 0 Å². The molecule has 2 heterocycles. The summed E-state index contributed by atoms with van der Waals surface area (Å²) in [6.45, 7) is 0.593. The molecule has 5 rings (SSSR count). The van der Waals surface area contributed by atoms with Gasteiger partial charge in [0.25, 0.3) is 5.91 Å². The molecular formula is C27H25ClF3N5O2. The minimum Gasteiger partial charge on any atom is -0.471 e. The molecule has 11 heteroatoms. The van der Waals surface area contributed by atoms with Crippen LogP contribution in [0.1, 0.15) is 47.1 Å². The maximum Gasteiger partial charge on any atom is 0.436 e. The van der Waals surface area contributed by atoms with Crippen molar-refractivity contribution in [2.24, 2.45) is 0 Å². The van der Waals surface area contributed by atoms with Crippen molar-refractivity contribution in [3.8, 4) is 16.9 Å². The molecule has 4 aromatic rings. The largest absolute Gasteiger partial charge is 0.471 e. The first-order valence-electron chi connectivity index (χ1n) is 12.2. The van der Waals surface area contributed by atoms with Crippen LogP contribution in [0.2, 0.25) is 5.02 Å². The molecule has 0 saturated heterocycles. The van der Waals surface area contributed by atoms with Crippen molar-refractivity contribution in [2.75, 3.05) is 6.54 Å². The van der Waals surface area contributed by atoms with Crippen LogP contribution in [0.4, 0.5) is 13.2 Å². The summed E-state index contributed by atoms with van der Waals surface area (Å²) in [5.74, 6) is 0.297. The van der Waals surface area contributed by atoms with Crippen LogP contribution in [0.15, 0.2) is 66.9 Å². The van der Waals surface area contributed by atoms with Gasteiger partial charge in [-0.2, -0.15) is 23.4 Å². The smallest absolute Gasteiger partial charge is 0.436 e. The zero-order valence-corrected chi connectivity index (χ0v) is 21.0. The summed E-state index contributed by atoms with van der Waals surface area (Å²) >= 11 is 6.00. The SMILES string of the molecule is O=C(NCCCn1nc(C(F)(F)F)c(Cl)c1C1CC1)c1ccn(COc2ccc(-c3ccccc3)cc2)n1. The Morgan fingerprint density at radius 1 is 1.03 bits per heavy atom. The van der Waals surface area contributed by atoms with Crippen molar-refractivity contribution in [1.29, 1.82) is 0 Å². The number of nitrogens with one attached hydrogen (secondary N) is 1. The van der Waals surface area contributed by atoms with E-state index in [4.69, 9.17) is 16.3 Å². The average Bonchev–Trinajstić information content (AvgIpc) is 3.52. The summed E-state index contributed by atoms with van der Waals surface area (Å²) in [5, 5.41) is 10.4. The van der Waals surface area contributed by atoms with Crippen molar-refractivity contribution in [1.82, 2.24) is 24.9 Å². The van der Waals surface area contributed by atoms with Crippen molar-refractivity contribution >= 4 is 17.5 Å². The number of benzene rings is 2. The Kier molecular flexibility index (Phi) is 7.42. The lowest BCUT2D eigenvalue weighted by atomic mass is 10.1. The lowest BCUT2D eigenvalue weighted by Gasteiger charge is -2.08. The Balaban J connectivity index is 1.09. The van der Waals surface area contributed by atoms with E-state index in [1.807, 2.05) is 54.6 Å². The molecule has 1 saturated carbocycles. The molecule has 0 radical (unpaired) electrons. The molecule has 2 aromatic carbocycles. The van der Waals surface area contributed by atoms with Gasteiger partial charge in [0.05, 0.1) is 10.7 Å². The van der Waals surface area contributed by atoms with Crippen molar-refractivity contribution < 1.29 is 22.7 Å². The van der Waals surface area contributed by atoms with E-state index in [0.29, 0.717) is 17.9 Å². The van der Waals surface area contributed by atoms with E-state index in [1.165, 1.54) is 9.36 Å². The number of aromatic nitrogens is 4. The van der Waals surface area contributed by atoms with Crippen molar-refractivity contribution in [3.05, 3.63) is 89.0 Å². The topological polar surface area (TPSA) is 74.0 Å². The lowest BCUT2D eigenvalue weighted by molar-refractivity contribution is -0.141. The second-order valence-corrected chi connectivity index (χ2v) is 9.43. The highest BCUT2D eigenvalue weighted by molar-refractivity contribution is 6.32. The summed E-state index contributed by atoms with van der Waals surface area (Å²) in [7, 11) is 0.